The zero-order valence-corrected chi connectivity index (χ0v) is 22.7. The van der Waals surface area contributed by atoms with Crippen LogP contribution in [0.1, 0.15) is 52.6 Å². The fourth-order valence-corrected chi connectivity index (χ4v) is 3.87. The number of benzene rings is 1. The van der Waals surface area contributed by atoms with Crippen LogP contribution in [0.15, 0.2) is 23.2 Å². The fourth-order valence-electron chi connectivity index (χ4n) is 2.94. The summed E-state index contributed by atoms with van der Waals surface area (Å²) in [4.78, 5) is 4.59. The molecule has 1 aromatic rings. The Bertz CT molecular complexity index is 775. The van der Waals surface area contributed by atoms with E-state index >= 15 is 0 Å². The number of nitrogens with zero attached hydrogens (tertiary/aromatic N) is 2. The van der Waals surface area contributed by atoms with E-state index in [0.717, 1.165) is 23.6 Å². The molecule has 0 spiro atoms. The molecule has 0 bridgehead atoms. The molecule has 8 nitrogen and oxygen atoms in total. The number of nitrogens with one attached hydrogen (secondary N) is 2. The molecular formula is C21H39IN4O4S. The number of aliphatic imine (C=N–C) groups is 1. The highest BCUT2D eigenvalue weighted by Gasteiger charge is 2.14. The number of guanidine groups is 1. The highest BCUT2D eigenvalue weighted by atomic mass is 127. The number of halogens is 1. The first-order chi connectivity index (χ1) is 14.3. The largest absolute Gasteiger partial charge is 0.490 e. The summed E-state index contributed by atoms with van der Waals surface area (Å²) in [6.45, 7) is 13.1. The number of ether oxygens (including phenoxy) is 2. The molecule has 0 aliphatic rings. The summed E-state index contributed by atoms with van der Waals surface area (Å²) in [6, 6.07) is 5.93. The molecule has 0 radical (unpaired) electrons. The van der Waals surface area contributed by atoms with Crippen molar-refractivity contribution < 1.29 is 17.9 Å². The SMILES string of the molecule is CCNC(=NCCCN(CC)S(C)(=O)=O)NC(C)c1ccc(OCC)c(OCC)c1.I. The number of hydrogen-bond donors (Lipinski definition) is 2. The molecule has 0 amide bonds. The van der Waals surface area contributed by atoms with Crippen molar-refractivity contribution >= 4 is 40.0 Å². The topological polar surface area (TPSA) is 92.3 Å². The average molecular weight is 571 g/mol. The molecule has 0 aliphatic heterocycles. The number of sulfonamides is 1. The van der Waals surface area contributed by atoms with Crippen LogP contribution < -0.4 is 20.1 Å². The fraction of sp³-hybridized carbons (Fsp3) is 0.667. The smallest absolute Gasteiger partial charge is 0.211 e. The minimum Gasteiger partial charge on any atom is -0.490 e. The molecule has 0 saturated carbocycles. The van der Waals surface area contributed by atoms with E-state index in [2.05, 4.69) is 22.5 Å². The van der Waals surface area contributed by atoms with Gasteiger partial charge in [-0.1, -0.05) is 13.0 Å². The van der Waals surface area contributed by atoms with E-state index in [4.69, 9.17) is 9.47 Å². The van der Waals surface area contributed by atoms with Crippen molar-refractivity contribution in [3.63, 3.8) is 0 Å². The summed E-state index contributed by atoms with van der Waals surface area (Å²) < 4.78 is 36.2. The van der Waals surface area contributed by atoms with Gasteiger partial charge in [-0.3, -0.25) is 4.99 Å². The third-order valence-electron chi connectivity index (χ3n) is 4.42. The highest BCUT2D eigenvalue weighted by molar-refractivity contribution is 14.0. The van der Waals surface area contributed by atoms with Crippen molar-refractivity contribution in [2.75, 3.05) is 45.6 Å². The molecule has 1 rings (SSSR count). The Labute approximate surface area is 205 Å². The third kappa shape index (κ3) is 10.7. The zero-order valence-electron chi connectivity index (χ0n) is 19.6. The van der Waals surface area contributed by atoms with Crippen LogP contribution in [0.5, 0.6) is 11.5 Å². The molecule has 0 fully saturated rings. The Morgan fingerprint density at radius 2 is 1.77 bits per heavy atom. The van der Waals surface area contributed by atoms with Crippen LogP contribution in [0.25, 0.3) is 0 Å². The summed E-state index contributed by atoms with van der Waals surface area (Å²) in [5.74, 6) is 2.16. The molecule has 10 heteroatoms. The van der Waals surface area contributed by atoms with Crippen LogP contribution in [0.3, 0.4) is 0 Å². The van der Waals surface area contributed by atoms with Crippen LogP contribution in [-0.2, 0) is 10.0 Å². The van der Waals surface area contributed by atoms with E-state index in [1.54, 1.807) is 0 Å². The Hall–Kier alpha value is -1.27. The Morgan fingerprint density at radius 1 is 1.13 bits per heavy atom. The second kappa shape index (κ2) is 15.5. The highest BCUT2D eigenvalue weighted by Crippen LogP contribution is 2.30. The average Bonchev–Trinajstić information content (AvgIpc) is 2.68. The lowest BCUT2D eigenvalue weighted by atomic mass is 10.1. The Balaban J connectivity index is 0.00000900. The predicted molar refractivity (Wildman–Crippen MR) is 138 cm³/mol. The first kappa shape index (κ1) is 29.7. The van der Waals surface area contributed by atoms with Gasteiger partial charge in [0.25, 0.3) is 0 Å². The summed E-state index contributed by atoms with van der Waals surface area (Å²) in [5, 5.41) is 6.64. The molecule has 1 unspecified atom stereocenters. The second-order valence-electron chi connectivity index (χ2n) is 6.81. The minimum absolute atomic E-state index is 0. The molecule has 2 N–H and O–H groups in total. The monoisotopic (exact) mass is 570 g/mol. The van der Waals surface area contributed by atoms with Gasteiger partial charge in [-0.05, 0) is 51.8 Å². The molecule has 0 aliphatic carbocycles. The summed E-state index contributed by atoms with van der Waals surface area (Å²) in [7, 11) is -3.17. The van der Waals surface area contributed by atoms with Gasteiger partial charge in [-0.2, -0.15) is 0 Å². The first-order valence-electron chi connectivity index (χ1n) is 10.7. The van der Waals surface area contributed by atoms with Crippen LogP contribution >= 0.6 is 24.0 Å². The molecule has 1 atom stereocenters. The van der Waals surface area contributed by atoms with Crippen molar-refractivity contribution in [3.8, 4) is 11.5 Å². The maximum Gasteiger partial charge on any atom is 0.211 e. The van der Waals surface area contributed by atoms with E-state index < -0.39 is 10.0 Å². The Morgan fingerprint density at radius 3 is 2.32 bits per heavy atom. The summed E-state index contributed by atoms with van der Waals surface area (Å²) in [6.07, 6.45) is 1.89. The second-order valence-corrected chi connectivity index (χ2v) is 8.79. The maximum absolute atomic E-state index is 11.7. The van der Waals surface area contributed by atoms with Gasteiger partial charge < -0.3 is 20.1 Å². The van der Waals surface area contributed by atoms with Crippen molar-refractivity contribution in [3.05, 3.63) is 23.8 Å². The molecule has 1 aromatic carbocycles. The lowest BCUT2D eigenvalue weighted by Crippen LogP contribution is -2.39. The number of rotatable bonds is 13. The standard InChI is InChI=1S/C21H38N4O4S.HI/c1-7-22-21(23-14-11-15-25(8-2)30(6,26)27)24-17(5)18-12-13-19(28-9-3)20(16-18)29-10-4;/h12-13,16-17H,7-11,14-15H2,1-6H3,(H2,22,23,24);1H. The molecule has 0 saturated heterocycles. The van der Waals surface area contributed by atoms with E-state index in [0.29, 0.717) is 45.2 Å². The van der Waals surface area contributed by atoms with Crippen LogP contribution in [-0.4, -0.2) is 64.3 Å². The van der Waals surface area contributed by atoms with Gasteiger partial charge in [-0.25, -0.2) is 12.7 Å². The Kier molecular flexibility index (Phi) is 14.9. The van der Waals surface area contributed by atoms with E-state index in [-0.39, 0.29) is 30.0 Å². The van der Waals surface area contributed by atoms with Gasteiger partial charge in [0.2, 0.25) is 10.0 Å². The van der Waals surface area contributed by atoms with E-state index in [9.17, 15) is 8.42 Å². The van der Waals surface area contributed by atoms with E-state index in [1.807, 2.05) is 45.9 Å². The predicted octanol–water partition coefficient (Wildman–Crippen LogP) is 3.39. The van der Waals surface area contributed by atoms with Crippen molar-refractivity contribution in [1.82, 2.24) is 14.9 Å². The van der Waals surface area contributed by atoms with Crippen molar-refractivity contribution in [2.24, 2.45) is 4.99 Å². The molecule has 0 aromatic heterocycles. The minimum atomic E-state index is -3.17. The van der Waals surface area contributed by atoms with Crippen LogP contribution in [0.4, 0.5) is 0 Å². The normalized spacial score (nSPS) is 12.8. The molecule has 31 heavy (non-hydrogen) atoms. The maximum atomic E-state index is 11.7. The van der Waals surface area contributed by atoms with Gasteiger partial charge in [0.1, 0.15) is 0 Å². The van der Waals surface area contributed by atoms with Gasteiger partial charge in [0.05, 0.1) is 25.5 Å². The van der Waals surface area contributed by atoms with Crippen molar-refractivity contribution in [2.45, 2.75) is 47.1 Å². The van der Waals surface area contributed by atoms with Gasteiger partial charge >= 0.3 is 0 Å². The summed E-state index contributed by atoms with van der Waals surface area (Å²) >= 11 is 0. The molecular weight excluding hydrogens is 531 g/mol. The van der Waals surface area contributed by atoms with Crippen molar-refractivity contribution in [1.29, 1.82) is 0 Å². The quantitative estimate of drug-likeness (QED) is 0.164. The van der Waals surface area contributed by atoms with E-state index in [1.165, 1.54) is 10.6 Å². The lowest BCUT2D eigenvalue weighted by molar-refractivity contribution is 0.287. The third-order valence-corrected chi connectivity index (χ3v) is 5.80. The molecule has 180 valence electrons. The van der Waals surface area contributed by atoms with Gasteiger partial charge in [0, 0.05) is 26.2 Å². The van der Waals surface area contributed by atoms with Crippen LogP contribution in [0, 0.1) is 0 Å². The number of hydrogen-bond acceptors (Lipinski definition) is 5. The van der Waals surface area contributed by atoms with Crippen LogP contribution in [0.2, 0.25) is 0 Å². The molecule has 0 heterocycles. The lowest BCUT2D eigenvalue weighted by Gasteiger charge is -2.20. The van der Waals surface area contributed by atoms with Gasteiger partial charge in [-0.15, -0.1) is 24.0 Å². The zero-order chi connectivity index (χ0) is 22.6. The first-order valence-corrected chi connectivity index (χ1v) is 12.5. The van der Waals surface area contributed by atoms with Gasteiger partial charge in [0.15, 0.2) is 17.5 Å². The summed E-state index contributed by atoms with van der Waals surface area (Å²) in [5.41, 5.74) is 1.06.